The van der Waals surface area contributed by atoms with Crippen LogP contribution in [0.1, 0.15) is 19.4 Å². The van der Waals surface area contributed by atoms with Crippen LogP contribution in [-0.4, -0.2) is 20.2 Å². The number of rotatable bonds is 7. The van der Waals surface area contributed by atoms with Gasteiger partial charge in [-0.3, -0.25) is 0 Å². The minimum atomic E-state index is 0.0318. The first-order valence-electron chi connectivity index (χ1n) is 6.21. The lowest BCUT2D eigenvalue weighted by Crippen LogP contribution is -2.32. The SMILES string of the molecule is C=CC(C)(CNCC)Cc1cc(Br)ccc1OC. The van der Waals surface area contributed by atoms with E-state index < -0.39 is 0 Å². The molecule has 1 N–H and O–H groups in total. The van der Waals surface area contributed by atoms with E-state index in [0.717, 1.165) is 29.7 Å². The molecule has 1 rings (SSSR count). The number of hydrogen-bond donors (Lipinski definition) is 1. The van der Waals surface area contributed by atoms with Gasteiger partial charge in [-0.25, -0.2) is 0 Å². The predicted octanol–water partition coefficient (Wildman–Crippen LogP) is 3.80. The lowest BCUT2D eigenvalue weighted by Gasteiger charge is -2.27. The molecule has 1 aromatic rings. The highest BCUT2D eigenvalue weighted by molar-refractivity contribution is 9.10. The Labute approximate surface area is 119 Å². The van der Waals surface area contributed by atoms with E-state index in [1.54, 1.807) is 7.11 Å². The molecule has 100 valence electrons. The predicted molar refractivity (Wildman–Crippen MR) is 81.2 cm³/mol. The molecule has 0 aliphatic rings. The van der Waals surface area contributed by atoms with Crippen LogP contribution in [0.4, 0.5) is 0 Å². The Balaban J connectivity index is 2.93. The van der Waals surface area contributed by atoms with Crippen LogP contribution in [0.2, 0.25) is 0 Å². The molecule has 0 spiro atoms. The van der Waals surface area contributed by atoms with Gasteiger partial charge < -0.3 is 10.1 Å². The summed E-state index contributed by atoms with van der Waals surface area (Å²) in [5.74, 6) is 0.933. The molecule has 18 heavy (non-hydrogen) atoms. The Morgan fingerprint density at radius 2 is 2.22 bits per heavy atom. The number of benzene rings is 1. The van der Waals surface area contributed by atoms with E-state index in [4.69, 9.17) is 4.74 Å². The van der Waals surface area contributed by atoms with Crippen LogP contribution >= 0.6 is 15.9 Å². The van der Waals surface area contributed by atoms with Crippen molar-refractivity contribution in [2.24, 2.45) is 5.41 Å². The van der Waals surface area contributed by atoms with Gasteiger partial charge in [0.2, 0.25) is 0 Å². The van der Waals surface area contributed by atoms with Crippen molar-refractivity contribution in [3.8, 4) is 5.75 Å². The highest BCUT2D eigenvalue weighted by Gasteiger charge is 2.22. The molecule has 1 aromatic carbocycles. The van der Waals surface area contributed by atoms with Crippen molar-refractivity contribution >= 4 is 15.9 Å². The summed E-state index contributed by atoms with van der Waals surface area (Å²) in [7, 11) is 1.71. The van der Waals surface area contributed by atoms with Crippen LogP contribution in [0.15, 0.2) is 35.3 Å². The lowest BCUT2D eigenvalue weighted by molar-refractivity contribution is 0.373. The molecule has 0 saturated carbocycles. The first kappa shape index (κ1) is 15.3. The van der Waals surface area contributed by atoms with E-state index in [-0.39, 0.29) is 5.41 Å². The van der Waals surface area contributed by atoms with Gasteiger partial charge in [-0.2, -0.15) is 0 Å². The maximum atomic E-state index is 5.42. The summed E-state index contributed by atoms with van der Waals surface area (Å²) >= 11 is 3.51. The Kier molecular flexibility index (Phi) is 5.89. The standard InChI is InChI=1S/C15H22BrNO/c1-5-15(3,11-17-6-2)10-12-9-13(16)7-8-14(12)18-4/h5,7-9,17H,1,6,10-11H2,2-4H3. The molecular formula is C15H22BrNO. The van der Waals surface area contributed by atoms with Crippen LogP contribution in [-0.2, 0) is 6.42 Å². The molecule has 3 heteroatoms. The maximum absolute atomic E-state index is 5.42. The topological polar surface area (TPSA) is 21.3 Å². The molecule has 0 aromatic heterocycles. The van der Waals surface area contributed by atoms with Crippen molar-refractivity contribution in [1.82, 2.24) is 5.32 Å². The molecule has 0 aliphatic carbocycles. The molecule has 1 atom stereocenters. The van der Waals surface area contributed by atoms with Gasteiger partial charge in [0.1, 0.15) is 5.75 Å². The zero-order chi connectivity index (χ0) is 13.6. The maximum Gasteiger partial charge on any atom is 0.122 e. The summed E-state index contributed by atoms with van der Waals surface area (Å²) in [4.78, 5) is 0. The molecule has 0 bridgehead atoms. The van der Waals surface area contributed by atoms with Gasteiger partial charge in [0.25, 0.3) is 0 Å². The average molecular weight is 312 g/mol. The van der Waals surface area contributed by atoms with Crippen molar-refractivity contribution in [3.63, 3.8) is 0 Å². The first-order chi connectivity index (χ1) is 8.54. The molecule has 0 saturated heterocycles. The van der Waals surface area contributed by atoms with E-state index in [1.165, 1.54) is 5.56 Å². The van der Waals surface area contributed by atoms with Gasteiger partial charge in [0, 0.05) is 16.4 Å². The molecule has 1 unspecified atom stereocenters. The second-order valence-electron chi connectivity index (χ2n) is 4.77. The Hall–Kier alpha value is -0.800. The number of methoxy groups -OCH3 is 1. The van der Waals surface area contributed by atoms with Crippen molar-refractivity contribution < 1.29 is 4.74 Å². The molecule has 0 amide bonds. The fourth-order valence-corrected chi connectivity index (χ4v) is 2.35. The van der Waals surface area contributed by atoms with E-state index in [0.29, 0.717) is 0 Å². The Morgan fingerprint density at radius 3 is 2.78 bits per heavy atom. The summed E-state index contributed by atoms with van der Waals surface area (Å²) in [6.07, 6.45) is 2.93. The van der Waals surface area contributed by atoms with Gasteiger partial charge in [0.15, 0.2) is 0 Å². The molecule has 0 aliphatic heterocycles. The first-order valence-corrected chi connectivity index (χ1v) is 7.00. The Bertz CT molecular complexity index is 405. The van der Waals surface area contributed by atoms with E-state index >= 15 is 0 Å². The van der Waals surface area contributed by atoms with Crippen LogP contribution in [0, 0.1) is 5.41 Å². The van der Waals surface area contributed by atoms with Gasteiger partial charge in [-0.1, -0.05) is 35.9 Å². The van der Waals surface area contributed by atoms with E-state index in [9.17, 15) is 0 Å². The number of nitrogens with one attached hydrogen (secondary N) is 1. The third-order valence-corrected chi connectivity index (χ3v) is 3.60. The normalized spacial score (nSPS) is 14.0. The Morgan fingerprint density at radius 1 is 1.50 bits per heavy atom. The van der Waals surface area contributed by atoms with Crippen LogP contribution < -0.4 is 10.1 Å². The van der Waals surface area contributed by atoms with Crippen molar-refractivity contribution in [2.75, 3.05) is 20.2 Å². The fraction of sp³-hybridized carbons (Fsp3) is 0.467. The third kappa shape index (κ3) is 4.14. The summed E-state index contributed by atoms with van der Waals surface area (Å²) in [6, 6.07) is 6.11. The zero-order valence-electron chi connectivity index (χ0n) is 11.4. The molecule has 2 nitrogen and oxygen atoms in total. The molecular weight excluding hydrogens is 290 g/mol. The van der Waals surface area contributed by atoms with Crippen LogP contribution in [0.25, 0.3) is 0 Å². The number of ether oxygens (including phenoxy) is 1. The quantitative estimate of drug-likeness (QED) is 0.773. The highest BCUT2D eigenvalue weighted by Crippen LogP contribution is 2.30. The van der Waals surface area contributed by atoms with Crippen LogP contribution in [0.5, 0.6) is 5.75 Å². The van der Waals surface area contributed by atoms with Gasteiger partial charge in [0.05, 0.1) is 7.11 Å². The van der Waals surface area contributed by atoms with Crippen molar-refractivity contribution in [3.05, 3.63) is 40.9 Å². The third-order valence-electron chi connectivity index (χ3n) is 3.11. The summed E-state index contributed by atoms with van der Waals surface area (Å²) in [5, 5.41) is 3.39. The van der Waals surface area contributed by atoms with Gasteiger partial charge in [-0.15, -0.1) is 6.58 Å². The van der Waals surface area contributed by atoms with Gasteiger partial charge in [-0.05, 0) is 36.7 Å². The minimum Gasteiger partial charge on any atom is -0.496 e. The summed E-state index contributed by atoms with van der Waals surface area (Å²) in [5.41, 5.74) is 1.23. The molecule has 0 fully saturated rings. The van der Waals surface area contributed by atoms with Crippen molar-refractivity contribution in [1.29, 1.82) is 0 Å². The molecule has 0 radical (unpaired) electrons. The summed E-state index contributed by atoms with van der Waals surface area (Å²) in [6.45, 7) is 10.2. The van der Waals surface area contributed by atoms with E-state index in [1.807, 2.05) is 18.2 Å². The second kappa shape index (κ2) is 6.95. The smallest absolute Gasteiger partial charge is 0.122 e. The summed E-state index contributed by atoms with van der Waals surface area (Å²) < 4.78 is 6.50. The zero-order valence-corrected chi connectivity index (χ0v) is 13.0. The highest BCUT2D eigenvalue weighted by atomic mass is 79.9. The largest absolute Gasteiger partial charge is 0.496 e. The number of halogens is 1. The minimum absolute atomic E-state index is 0.0318. The number of hydrogen-bond acceptors (Lipinski definition) is 2. The monoisotopic (exact) mass is 311 g/mol. The lowest BCUT2D eigenvalue weighted by atomic mass is 9.83. The van der Waals surface area contributed by atoms with Crippen LogP contribution in [0.3, 0.4) is 0 Å². The van der Waals surface area contributed by atoms with Crippen molar-refractivity contribution in [2.45, 2.75) is 20.3 Å². The molecule has 0 heterocycles. The average Bonchev–Trinajstić information content (AvgIpc) is 2.37. The fourth-order valence-electron chi connectivity index (χ4n) is 1.94. The second-order valence-corrected chi connectivity index (χ2v) is 5.69. The van der Waals surface area contributed by atoms with E-state index in [2.05, 4.69) is 47.7 Å². The van der Waals surface area contributed by atoms with Gasteiger partial charge >= 0.3 is 0 Å².